The minimum Gasteiger partial charge on any atom is -0.378 e. The van der Waals surface area contributed by atoms with E-state index in [4.69, 9.17) is 4.74 Å². The third kappa shape index (κ3) is 4.49. The van der Waals surface area contributed by atoms with Gasteiger partial charge >= 0.3 is 6.03 Å². The second-order valence-electron chi connectivity index (χ2n) is 8.04. The lowest BCUT2D eigenvalue weighted by atomic mass is 9.72. The highest BCUT2D eigenvalue weighted by molar-refractivity contribution is 5.85. The highest BCUT2D eigenvalue weighted by atomic mass is 16.5. The van der Waals surface area contributed by atoms with E-state index in [-0.39, 0.29) is 24.0 Å². The maximum atomic E-state index is 13.2. The van der Waals surface area contributed by atoms with Crippen molar-refractivity contribution in [1.82, 2.24) is 15.5 Å². The van der Waals surface area contributed by atoms with Gasteiger partial charge in [0.1, 0.15) is 0 Å². The lowest BCUT2D eigenvalue weighted by Gasteiger charge is -2.43. The molecule has 30 heavy (non-hydrogen) atoms. The van der Waals surface area contributed by atoms with Gasteiger partial charge < -0.3 is 20.3 Å². The molecule has 0 spiro atoms. The van der Waals surface area contributed by atoms with E-state index in [0.29, 0.717) is 26.3 Å². The molecule has 0 aromatic heterocycles. The van der Waals surface area contributed by atoms with Gasteiger partial charge in [0.15, 0.2) is 0 Å². The molecule has 1 saturated heterocycles. The third-order valence-corrected chi connectivity index (χ3v) is 6.18. The summed E-state index contributed by atoms with van der Waals surface area (Å²) in [6, 6.07) is 19.6. The van der Waals surface area contributed by atoms with Crippen molar-refractivity contribution in [2.45, 2.75) is 30.7 Å². The molecule has 158 valence electrons. The molecular weight excluding hydrogens is 378 g/mol. The summed E-state index contributed by atoms with van der Waals surface area (Å²) in [6.07, 6.45) is 2.95. The van der Waals surface area contributed by atoms with Crippen LogP contribution in [0.4, 0.5) is 4.79 Å². The van der Waals surface area contributed by atoms with E-state index in [1.165, 1.54) is 0 Å². The predicted octanol–water partition coefficient (Wildman–Crippen LogP) is 3.01. The Labute approximate surface area is 177 Å². The summed E-state index contributed by atoms with van der Waals surface area (Å²) >= 11 is 0. The molecule has 4 rings (SSSR count). The second-order valence-corrected chi connectivity index (χ2v) is 8.04. The van der Waals surface area contributed by atoms with Crippen molar-refractivity contribution >= 4 is 11.9 Å². The smallest absolute Gasteiger partial charge is 0.315 e. The van der Waals surface area contributed by atoms with Gasteiger partial charge in [-0.3, -0.25) is 4.79 Å². The van der Waals surface area contributed by atoms with E-state index >= 15 is 0 Å². The molecule has 2 fully saturated rings. The van der Waals surface area contributed by atoms with Gasteiger partial charge in [-0.15, -0.1) is 0 Å². The minimum atomic E-state index is -0.413. The topological polar surface area (TPSA) is 70.7 Å². The van der Waals surface area contributed by atoms with Crippen molar-refractivity contribution in [2.24, 2.45) is 0 Å². The summed E-state index contributed by atoms with van der Waals surface area (Å²) in [6.45, 7) is 2.55. The summed E-state index contributed by atoms with van der Waals surface area (Å²) in [5.74, 6) is -0.379. The molecule has 1 unspecified atom stereocenters. The molecule has 2 aromatic rings. The first-order chi connectivity index (χ1) is 14.7. The van der Waals surface area contributed by atoms with Crippen molar-refractivity contribution in [1.29, 1.82) is 0 Å². The van der Waals surface area contributed by atoms with Crippen LogP contribution in [0.2, 0.25) is 0 Å². The second kappa shape index (κ2) is 9.30. The van der Waals surface area contributed by atoms with E-state index in [1.54, 1.807) is 0 Å². The quantitative estimate of drug-likeness (QED) is 0.773. The van der Waals surface area contributed by atoms with Gasteiger partial charge in [0, 0.05) is 19.6 Å². The zero-order valence-corrected chi connectivity index (χ0v) is 17.2. The fourth-order valence-electron chi connectivity index (χ4n) is 4.27. The van der Waals surface area contributed by atoms with E-state index in [2.05, 4.69) is 22.8 Å². The molecule has 2 aliphatic rings. The van der Waals surface area contributed by atoms with Gasteiger partial charge in [-0.2, -0.15) is 0 Å². The van der Waals surface area contributed by atoms with Gasteiger partial charge in [0.25, 0.3) is 0 Å². The molecule has 6 heteroatoms. The first-order valence-electron chi connectivity index (χ1n) is 10.7. The van der Waals surface area contributed by atoms with E-state index in [9.17, 15) is 9.59 Å². The Morgan fingerprint density at radius 3 is 2.20 bits per heavy atom. The van der Waals surface area contributed by atoms with Crippen LogP contribution in [0, 0.1) is 0 Å². The van der Waals surface area contributed by atoms with Crippen LogP contribution in [-0.4, -0.2) is 49.7 Å². The fraction of sp³-hybridized carbons (Fsp3) is 0.417. The van der Waals surface area contributed by atoms with Crippen LogP contribution in [0.5, 0.6) is 0 Å². The molecule has 1 aliphatic carbocycles. The van der Waals surface area contributed by atoms with Crippen molar-refractivity contribution in [2.75, 3.05) is 32.8 Å². The molecule has 3 amide bonds. The normalized spacial score (nSPS) is 18.7. The molecule has 2 aromatic carbocycles. The molecule has 0 bridgehead atoms. The summed E-state index contributed by atoms with van der Waals surface area (Å²) in [4.78, 5) is 27.8. The maximum Gasteiger partial charge on any atom is 0.315 e. The summed E-state index contributed by atoms with van der Waals surface area (Å²) in [5.41, 5.74) is 1.74. The van der Waals surface area contributed by atoms with Crippen LogP contribution >= 0.6 is 0 Å². The fourth-order valence-corrected chi connectivity index (χ4v) is 4.27. The van der Waals surface area contributed by atoms with Crippen molar-refractivity contribution in [3.05, 3.63) is 71.8 Å². The number of morpholine rings is 1. The largest absolute Gasteiger partial charge is 0.378 e. The number of hydrogen-bond donors (Lipinski definition) is 2. The van der Waals surface area contributed by atoms with Crippen LogP contribution in [0.1, 0.15) is 36.3 Å². The molecule has 1 saturated carbocycles. The minimum absolute atomic E-state index is 0.0335. The number of hydrogen-bond acceptors (Lipinski definition) is 3. The summed E-state index contributed by atoms with van der Waals surface area (Å²) in [5, 5.41) is 6.14. The zero-order valence-electron chi connectivity index (χ0n) is 17.2. The Bertz CT molecular complexity index is 847. The Morgan fingerprint density at radius 2 is 1.60 bits per heavy atom. The molecular formula is C24H29N3O3. The first-order valence-corrected chi connectivity index (χ1v) is 10.7. The number of carbonyl (C=O) groups is 2. The molecule has 0 radical (unpaired) electrons. The monoisotopic (exact) mass is 407 g/mol. The van der Waals surface area contributed by atoms with Crippen LogP contribution in [0.25, 0.3) is 0 Å². The Morgan fingerprint density at radius 1 is 0.967 bits per heavy atom. The van der Waals surface area contributed by atoms with Crippen LogP contribution in [0.3, 0.4) is 0 Å². The Kier molecular flexibility index (Phi) is 6.33. The molecule has 1 heterocycles. The predicted molar refractivity (Wildman–Crippen MR) is 115 cm³/mol. The number of amides is 3. The number of rotatable bonds is 6. The van der Waals surface area contributed by atoms with Crippen LogP contribution in [-0.2, 0) is 15.1 Å². The van der Waals surface area contributed by atoms with Crippen LogP contribution < -0.4 is 10.6 Å². The molecule has 1 aliphatic heterocycles. The highest BCUT2D eigenvalue weighted by Crippen LogP contribution is 2.41. The van der Waals surface area contributed by atoms with Gasteiger partial charge in [-0.25, -0.2) is 4.79 Å². The Hall–Kier alpha value is -2.86. The van der Waals surface area contributed by atoms with Crippen molar-refractivity contribution < 1.29 is 14.3 Å². The average Bonchev–Trinajstić information content (AvgIpc) is 2.78. The highest BCUT2D eigenvalue weighted by Gasteiger charge is 2.40. The van der Waals surface area contributed by atoms with E-state index in [0.717, 1.165) is 30.4 Å². The first kappa shape index (κ1) is 20.4. The number of ether oxygens (including phenoxy) is 1. The van der Waals surface area contributed by atoms with Crippen molar-refractivity contribution in [3.8, 4) is 0 Å². The van der Waals surface area contributed by atoms with Gasteiger partial charge in [0.2, 0.25) is 5.91 Å². The number of nitrogens with zero attached hydrogens (tertiary/aromatic N) is 1. The number of urea groups is 1. The maximum absolute atomic E-state index is 13.2. The molecule has 2 N–H and O–H groups in total. The van der Waals surface area contributed by atoms with E-state index in [1.807, 2.05) is 53.4 Å². The average molecular weight is 408 g/mol. The number of nitrogens with one attached hydrogen (secondary N) is 2. The number of carbonyl (C=O) groups excluding carboxylic acids is 2. The summed E-state index contributed by atoms with van der Waals surface area (Å²) < 4.78 is 5.38. The van der Waals surface area contributed by atoms with Gasteiger partial charge in [-0.1, -0.05) is 60.7 Å². The standard InChI is InChI=1S/C24H29N3O3/c28-22(27-14-16-30-17-15-27)21(19-8-3-1-4-9-19)18-25-23(29)26-24(12-7-13-24)20-10-5-2-6-11-20/h1-6,8-11,21H,7,12-18H2,(H2,25,26,29). The SMILES string of the molecule is O=C(NCC(C(=O)N1CCOCC1)c1ccccc1)NC1(c2ccccc2)CCC1. The lowest BCUT2D eigenvalue weighted by molar-refractivity contribution is -0.136. The third-order valence-electron chi connectivity index (χ3n) is 6.18. The lowest BCUT2D eigenvalue weighted by Crippen LogP contribution is -2.55. The van der Waals surface area contributed by atoms with Gasteiger partial charge in [0.05, 0.1) is 24.7 Å². The summed E-state index contributed by atoms with van der Waals surface area (Å²) in [7, 11) is 0. The van der Waals surface area contributed by atoms with Crippen LogP contribution in [0.15, 0.2) is 60.7 Å². The van der Waals surface area contributed by atoms with Gasteiger partial charge in [-0.05, 0) is 30.4 Å². The van der Waals surface area contributed by atoms with Crippen molar-refractivity contribution in [3.63, 3.8) is 0 Å². The Balaban J connectivity index is 1.43. The zero-order chi connectivity index (χ0) is 20.8. The molecule has 1 atom stereocenters. The van der Waals surface area contributed by atoms with E-state index < -0.39 is 5.92 Å². The number of benzene rings is 2. The molecule has 6 nitrogen and oxygen atoms in total.